The monoisotopic (exact) mass is 400 g/mol. The molecule has 1 saturated carbocycles. The van der Waals surface area contributed by atoms with Crippen molar-refractivity contribution in [2.45, 2.75) is 51.0 Å². The molecule has 2 fully saturated rings. The van der Waals surface area contributed by atoms with E-state index in [-0.39, 0.29) is 17.8 Å². The Hall–Kier alpha value is -2.71. The van der Waals surface area contributed by atoms with Crippen molar-refractivity contribution in [1.82, 2.24) is 25.1 Å². The molecule has 1 amide bonds. The molecular formula is C20H28N6O3. The van der Waals surface area contributed by atoms with Crippen molar-refractivity contribution in [3.63, 3.8) is 0 Å². The first-order valence-corrected chi connectivity index (χ1v) is 10.3. The van der Waals surface area contributed by atoms with Crippen LogP contribution in [0.15, 0.2) is 18.5 Å². The molecule has 0 aromatic carbocycles. The molecule has 1 aliphatic heterocycles. The van der Waals surface area contributed by atoms with E-state index in [1.807, 2.05) is 12.1 Å². The molecule has 0 atom stereocenters. The number of ether oxygens (including phenoxy) is 1. The summed E-state index contributed by atoms with van der Waals surface area (Å²) in [4.78, 5) is 27.6. The Morgan fingerprint density at radius 2 is 1.90 bits per heavy atom. The van der Waals surface area contributed by atoms with Gasteiger partial charge in [0.2, 0.25) is 5.91 Å². The first kappa shape index (κ1) is 19.6. The SMILES string of the molecule is COC(=O)C1(NC(=O)C2CCN(c3ccc4nncn4n3)CC2)CCC(C)CC1. The van der Waals surface area contributed by atoms with Gasteiger partial charge in [0.1, 0.15) is 17.7 Å². The smallest absolute Gasteiger partial charge is 0.331 e. The van der Waals surface area contributed by atoms with Gasteiger partial charge in [0.25, 0.3) is 0 Å². The average molecular weight is 400 g/mol. The maximum atomic E-state index is 13.0. The number of carbonyl (C=O) groups excluding carboxylic acids is 2. The van der Waals surface area contributed by atoms with Crippen LogP contribution in [0.25, 0.3) is 5.65 Å². The Morgan fingerprint density at radius 1 is 1.17 bits per heavy atom. The van der Waals surface area contributed by atoms with Crippen LogP contribution in [0.1, 0.15) is 45.4 Å². The number of nitrogens with zero attached hydrogens (tertiary/aromatic N) is 5. The summed E-state index contributed by atoms with van der Waals surface area (Å²) in [6, 6.07) is 3.82. The van der Waals surface area contributed by atoms with E-state index in [0.717, 1.165) is 44.6 Å². The minimum atomic E-state index is -0.865. The summed E-state index contributed by atoms with van der Waals surface area (Å²) in [5.74, 6) is 0.964. The van der Waals surface area contributed by atoms with Crippen molar-refractivity contribution < 1.29 is 14.3 Å². The predicted octanol–water partition coefficient (Wildman–Crippen LogP) is 1.58. The lowest BCUT2D eigenvalue weighted by atomic mass is 9.76. The highest BCUT2D eigenvalue weighted by Gasteiger charge is 2.44. The lowest BCUT2D eigenvalue weighted by Crippen LogP contribution is -2.58. The number of carbonyl (C=O) groups is 2. The fourth-order valence-corrected chi connectivity index (χ4v) is 4.43. The number of methoxy groups -OCH3 is 1. The average Bonchev–Trinajstić information content (AvgIpc) is 3.23. The number of nitrogens with one attached hydrogen (secondary N) is 1. The quantitative estimate of drug-likeness (QED) is 0.778. The number of esters is 1. The van der Waals surface area contributed by atoms with Crippen LogP contribution in [0, 0.1) is 11.8 Å². The summed E-state index contributed by atoms with van der Waals surface area (Å²) < 4.78 is 6.69. The predicted molar refractivity (Wildman–Crippen MR) is 106 cm³/mol. The van der Waals surface area contributed by atoms with E-state index in [4.69, 9.17) is 4.74 Å². The van der Waals surface area contributed by atoms with Crippen LogP contribution in [-0.2, 0) is 14.3 Å². The number of hydrogen-bond donors (Lipinski definition) is 1. The first-order valence-electron chi connectivity index (χ1n) is 10.3. The number of piperidine rings is 1. The maximum Gasteiger partial charge on any atom is 0.331 e. The molecular weight excluding hydrogens is 372 g/mol. The molecule has 1 saturated heterocycles. The number of rotatable bonds is 4. The summed E-state index contributed by atoms with van der Waals surface area (Å²) >= 11 is 0. The third kappa shape index (κ3) is 3.90. The molecule has 1 aliphatic carbocycles. The fraction of sp³-hybridized carbons (Fsp3) is 0.650. The van der Waals surface area contributed by atoms with Gasteiger partial charge in [-0.05, 0) is 56.6 Å². The second kappa shape index (κ2) is 7.96. The zero-order chi connectivity index (χ0) is 20.4. The third-order valence-electron chi connectivity index (χ3n) is 6.40. The molecule has 2 aliphatic rings. The van der Waals surface area contributed by atoms with E-state index in [1.54, 1.807) is 10.8 Å². The van der Waals surface area contributed by atoms with Crippen molar-refractivity contribution in [2.75, 3.05) is 25.1 Å². The summed E-state index contributed by atoms with van der Waals surface area (Å²) in [6.45, 7) is 3.66. The van der Waals surface area contributed by atoms with Crippen LogP contribution < -0.4 is 10.2 Å². The number of amides is 1. The highest BCUT2D eigenvalue weighted by molar-refractivity contribution is 5.89. The van der Waals surface area contributed by atoms with Crippen LogP contribution in [0.2, 0.25) is 0 Å². The van der Waals surface area contributed by atoms with Crippen molar-refractivity contribution in [3.8, 4) is 0 Å². The molecule has 0 bridgehead atoms. The molecule has 9 heteroatoms. The van der Waals surface area contributed by atoms with Gasteiger partial charge in [0, 0.05) is 19.0 Å². The maximum absolute atomic E-state index is 13.0. The minimum absolute atomic E-state index is 0.0353. The van der Waals surface area contributed by atoms with Crippen molar-refractivity contribution in [3.05, 3.63) is 18.5 Å². The van der Waals surface area contributed by atoms with E-state index in [0.29, 0.717) is 24.4 Å². The second-order valence-electron chi connectivity index (χ2n) is 8.33. The van der Waals surface area contributed by atoms with E-state index < -0.39 is 5.54 Å². The third-order valence-corrected chi connectivity index (χ3v) is 6.40. The highest BCUT2D eigenvalue weighted by atomic mass is 16.5. The fourth-order valence-electron chi connectivity index (χ4n) is 4.43. The van der Waals surface area contributed by atoms with E-state index >= 15 is 0 Å². The van der Waals surface area contributed by atoms with Gasteiger partial charge in [0.15, 0.2) is 5.65 Å². The number of hydrogen-bond acceptors (Lipinski definition) is 7. The molecule has 0 spiro atoms. The zero-order valence-electron chi connectivity index (χ0n) is 17.0. The lowest BCUT2D eigenvalue weighted by molar-refractivity contribution is -0.153. The molecule has 4 rings (SSSR count). The minimum Gasteiger partial charge on any atom is -0.467 e. The van der Waals surface area contributed by atoms with Crippen LogP contribution in [0.4, 0.5) is 5.82 Å². The Morgan fingerprint density at radius 3 is 2.59 bits per heavy atom. The molecule has 29 heavy (non-hydrogen) atoms. The Bertz CT molecular complexity index is 881. The van der Waals surface area contributed by atoms with E-state index in [2.05, 4.69) is 32.4 Å². The number of fused-ring (bicyclic) bond motifs is 1. The van der Waals surface area contributed by atoms with E-state index in [1.165, 1.54) is 7.11 Å². The summed E-state index contributed by atoms with van der Waals surface area (Å²) in [6.07, 6.45) is 6.16. The second-order valence-corrected chi connectivity index (χ2v) is 8.33. The van der Waals surface area contributed by atoms with Crippen LogP contribution in [0.5, 0.6) is 0 Å². The standard InChI is InChI=1S/C20H28N6O3/c1-14-5-9-20(10-6-14,19(28)29-2)22-18(27)15-7-11-25(12-8-15)17-4-3-16-23-21-13-26(16)24-17/h3-4,13-15H,5-12H2,1-2H3,(H,22,27). The summed E-state index contributed by atoms with van der Waals surface area (Å²) in [5.41, 5.74) is -0.158. The molecule has 156 valence electrons. The molecule has 0 unspecified atom stereocenters. The summed E-state index contributed by atoms with van der Waals surface area (Å²) in [7, 11) is 1.40. The van der Waals surface area contributed by atoms with Gasteiger partial charge in [-0.25, -0.2) is 4.79 Å². The largest absolute Gasteiger partial charge is 0.467 e. The molecule has 9 nitrogen and oxygen atoms in total. The van der Waals surface area contributed by atoms with Gasteiger partial charge < -0.3 is 15.0 Å². The Labute approximate surface area is 169 Å². The summed E-state index contributed by atoms with van der Waals surface area (Å²) in [5, 5.41) is 15.4. The normalized spacial score (nSPS) is 25.7. The Balaban J connectivity index is 1.38. The zero-order valence-corrected chi connectivity index (χ0v) is 17.0. The van der Waals surface area contributed by atoms with Gasteiger partial charge in [-0.1, -0.05) is 6.92 Å². The van der Waals surface area contributed by atoms with Gasteiger partial charge in [-0.15, -0.1) is 15.3 Å². The van der Waals surface area contributed by atoms with Gasteiger partial charge >= 0.3 is 5.97 Å². The van der Waals surface area contributed by atoms with Gasteiger partial charge in [-0.2, -0.15) is 4.52 Å². The highest BCUT2D eigenvalue weighted by Crippen LogP contribution is 2.34. The molecule has 1 N–H and O–H groups in total. The van der Waals surface area contributed by atoms with Gasteiger partial charge in [-0.3, -0.25) is 4.79 Å². The number of aromatic nitrogens is 4. The van der Waals surface area contributed by atoms with Gasteiger partial charge in [0.05, 0.1) is 7.11 Å². The van der Waals surface area contributed by atoms with Crippen molar-refractivity contribution in [1.29, 1.82) is 0 Å². The van der Waals surface area contributed by atoms with Crippen molar-refractivity contribution >= 4 is 23.3 Å². The van der Waals surface area contributed by atoms with Crippen LogP contribution in [0.3, 0.4) is 0 Å². The lowest BCUT2D eigenvalue weighted by Gasteiger charge is -2.39. The van der Waals surface area contributed by atoms with Crippen molar-refractivity contribution in [2.24, 2.45) is 11.8 Å². The van der Waals surface area contributed by atoms with E-state index in [9.17, 15) is 9.59 Å². The molecule has 2 aromatic heterocycles. The topological polar surface area (TPSA) is 102 Å². The Kier molecular flexibility index (Phi) is 5.38. The molecule has 0 radical (unpaired) electrons. The van der Waals surface area contributed by atoms with Crippen LogP contribution >= 0.6 is 0 Å². The number of anilines is 1. The van der Waals surface area contributed by atoms with Crippen LogP contribution in [-0.4, -0.2) is 57.4 Å². The molecule has 2 aromatic rings. The first-order chi connectivity index (χ1) is 14.0. The molecule has 3 heterocycles.